The molecule has 7 rings (SSSR count). The number of nitrogens with zero attached hydrogens (tertiary/aromatic N) is 3. The van der Waals surface area contributed by atoms with Crippen LogP contribution in [0.15, 0.2) is 60.8 Å². The zero-order valence-electron chi connectivity index (χ0n) is 21.7. The molecule has 5 nitrogen and oxygen atoms in total. The van der Waals surface area contributed by atoms with E-state index in [1.807, 2.05) is 18.3 Å². The van der Waals surface area contributed by atoms with Gasteiger partial charge in [-0.25, -0.2) is 9.78 Å². The third-order valence-corrected chi connectivity index (χ3v) is 8.59. The van der Waals surface area contributed by atoms with Gasteiger partial charge in [0.25, 0.3) is 0 Å². The molecular formula is C33H31N3O2. The standard InChI is InChI=1S/C33H31N3O2/c1-20-15-16-34-29(18-20)28-14-11-24-23-8-5-17-36-30-19-22(33(37)38)9-10-26(30)31(21-6-3-2-4-7-21)32(36)25(23)12-13-27(24)35-28/h9-16,18-19,21H,2-8,17H2,1H3,(H,37,38). The van der Waals surface area contributed by atoms with Crippen molar-refractivity contribution in [1.29, 1.82) is 0 Å². The van der Waals surface area contributed by atoms with E-state index in [-0.39, 0.29) is 0 Å². The van der Waals surface area contributed by atoms with Crippen molar-refractivity contribution in [3.05, 3.63) is 83.0 Å². The summed E-state index contributed by atoms with van der Waals surface area (Å²) in [6.07, 6.45) is 10.0. The fourth-order valence-corrected chi connectivity index (χ4v) is 6.83. The van der Waals surface area contributed by atoms with Gasteiger partial charge in [0, 0.05) is 34.6 Å². The van der Waals surface area contributed by atoms with Gasteiger partial charge in [0.1, 0.15) is 0 Å². The Morgan fingerprint density at radius 3 is 2.58 bits per heavy atom. The second-order valence-electron chi connectivity index (χ2n) is 11.0. The molecule has 0 spiro atoms. The summed E-state index contributed by atoms with van der Waals surface area (Å²) in [6, 6.07) is 18.6. The molecule has 0 radical (unpaired) electrons. The highest BCUT2D eigenvalue weighted by molar-refractivity contribution is 6.00. The molecule has 0 unspecified atom stereocenters. The number of aryl methyl sites for hydroxylation is 3. The third kappa shape index (κ3) is 3.72. The molecule has 5 heteroatoms. The van der Waals surface area contributed by atoms with E-state index >= 15 is 0 Å². The molecule has 190 valence electrons. The van der Waals surface area contributed by atoms with Crippen LogP contribution in [0.5, 0.6) is 0 Å². The van der Waals surface area contributed by atoms with Gasteiger partial charge in [-0.05, 0) is 91.6 Å². The maximum Gasteiger partial charge on any atom is 0.335 e. The number of rotatable bonds is 3. The van der Waals surface area contributed by atoms with Crippen LogP contribution in [0.3, 0.4) is 0 Å². The fourth-order valence-electron chi connectivity index (χ4n) is 6.83. The molecule has 3 aromatic heterocycles. The molecule has 1 N–H and O–H groups in total. The monoisotopic (exact) mass is 501 g/mol. The summed E-state index contributed by atoms with van der Waals surface area (Å²) in [4.78, 5) is 21.4. The van der Waals surface area contributed by atoms with Gasteiger partial charge in [-0.3, -0.25) is 4.98 Å². The number of aromatic carboxylic acids is 1. The van der Waals surface area contributed by atoms with E-state index in [4.69, 9.17) is 4.98 Å². The molecule has 1 aliphatic heterocycles. The van der Waals surface area contributed by atoms with E-state index in [1.165, 1.54) is 70.8 Å². The lowest BCUT2D eigenvalue weighted by Gasteiger charge is -2.24. The maximum atomic E-state index is 11.9. The van der Waals surface area contributed by atoms with E-state index in [0.29, 0.717) is 11.5 Å². The van der Waals surface area contributed by atoms with Crippen LogP contribution in [0.1, 0.15) is 71.5 Å². The number of aromatic nitrogens is 3. The van der Waals surface area contributed by atoms with Crippen molar-refractivity contribution in [1.82, 2.24) is 14.5 Å². The Morgan fingerprint density at radius 1 is 0.921 bits per heavy atom. The fraction of sp³-hybridized carbons (Fsp3) is 0.303. The zero-order chi connectivity index (χ0) is 25.8. The number of carbonyl (C=O) groups is 1. The number of fused-ring (bicyclic) bond motifs is 7. The van der Waals surface area contributed by atoms with Crippen LogP contribution in [0.2, 0.25) is 0 Å². The second kappa shape index (κ2) is 9.09. The van der Waals surface area contributed by atoms with Gasteiger partial charge in [0.15, 0.2) is 0 Å². The average molecular weight is 502 g/mol. The summed E-state index contributed by atoms with van der Waals surface area (Å²) in [5, 5.41) is 12.2. The molecule has 1 fully saturated rings. The SMILES string of the molecule is Cc1ccnc(-c2ccc3c4c(ccc3n2)-c2c(C3CCCCC3)c3ccc(C(=O)O)cc3n2CCC4)c1. The van der Waals surface area contributed by atoms with Gasteiger partial charge < -0.3 is 9.67 Å². The summed E-state index contributed by atoms with van der Waals surface area (Å²) >= 11 is 0. The second-order valence-corrected chi connectivity index (χ2v) is 11.0. The minimum atomic E-state index is -0.869. The van der Waals surface area contributed by atoms with Crippen molar-refractivity contribution in [2.45, 2.75) is 64.3 Å². The largest absolute Gasteiger partial charge is 0.478 e. The lowest BCUT2D eigenvalue weighted by Crippen LogP contribution is -2.07. The molecule has 5 aromatic rings. The van der Waals surface area contributed by atoms with Crippen LogP contribution < -0.4 is 0 Å². The van der Waals surface area contributed by atoms with Crippen LogP contribution in [-0.2, 0) is 13.0 Å². The number of benzene rings is 2. The highest BCUT2D eigenvalue weighted by Crippen LogP contribution is 2.47. The number of hydrogen-bond acceptors (Lipinski definition) is 3. The van der Waals surface area contributed by atoms with Crippen LogP contribution in [0.4, 0.5) is 0 Å². The van der Waals surface area contributed by atoms with Crippen LogP contribution in [0.25, 0.3) is 44.5 Å². The summed E-state index contributed by atoms with van der Waals surface area (Å²) in [6.45, 7) is 2.96. The summed E-state index contributed by atoms with van der Waals surface area (Å²) in [5.41, 5.74) is 10.8. The first kappa shape index (κ1) is 23.2. The van der Waals surface area contributed by atoms with Crippen LogP contribution >= 0.6 is 0 Å². The van der Waals surface area contributed by atoms with Crippen molar-refractivity contribution in [3.8, 4) is 22.6 Å². The number of pyridine rings is 2. The first-order valence-corrected chi connectivity index (χ1v) is 13.8. The molecule has 0 bridgehead atoms. The van der Waals surface area contributed by atoms with Crippen molar-refractivity contribution in [3.63, 3.8) is 0 Å². The highest BCUT2D eigenvalue weighted by atomic mass is 16.4. The average Bonchev–Trinajstić information content (AvgIpc) is 3.13. The lowest BCUT2D eigenvalue weighted by molar-refractivity contribution is 0.0697. The number of carboxylic acid groups (broad SMARTS) is 1. The Kier molecular flexibility index (Phi) is 5.54. The van der Waals surface area contributed by atoms with Gasteiger partial charge >= 0.3 is 5.97 Å². The van der Waals surface area contributed by atoms with Gasteiger partial charge in [-0.15, -0.1) is 0 Å². The summed E-state index contributed by atoms with van der Waals surface area (Å²) in [5.74, 6) is -0.362. The molecule has 0 atom stereocenters. The van der Waals surface area contributed by atoms with E-state index in [1.54, 1.807) is 6.07 Å². The Bertz CT molecular complexity index is 1730. The molecule has 0 amide bonds. The van der Waals surface area contributed by atoms with Crippen LogP contribution in [-0.4, -0.2) is 25.6 Å². The normalized spacial score (nSPS) is 15.8. The van der Waals surface area contributed by atoms with E-state index in [0.717, 1.165) is 41.8 Å². The minimum absolute atomic E-state index is 0.359. The Morgan fingerprint density at radius 2 is 1.76 bits per heavy atom. The van der Waals surface area contributed by atoms with Gasteiger partial charge in [-0.2, -0.15) is 0 Å². The third-order valence-electron chi connectivity index (χ3n) is 8.59. The zero-order valence-corrected chi connectivity index (χ0v) is 21.7. The topological polar surface area (TPSA) is 68.0 Å². The number of carboxylic acids is 1. The molecule has 2 aromatic carbocycles. The molecular weight excluding hydrogens is 470 g/mol. The molecule has 2 aliphatic rings. The summed E-state index contributed by atoms with van der Waals surface area (Å²) < 4.78 is 2.42. The van der Waals surface area contributed by atoms with Crippen molar-refractivity contribution >= 4 is 27.8 Å². The van der Waals surface area contributed by atoms with Gasteiger partial charge in [-0.1, -0.05) is 37.5 Å². The van der Waals surface area contributed by atoms with Crippen molar-refractivity contribution in [2.75, 3.05) is 0 Å². The Labute approximate surface area is 222 Å². The smallest absolute Gasteiger partial charge is 0.335 e. The Balaban J connectivity index is 1.46. The molecule has 1 saturated carbocycles. The van der Waals surface area contributed by atoms with Gasteiger partial charge in [0.2, 0.25) is 0 Å². The maximum absolute atomic E-state index is 11.9. The molecule has 38 heavy (non-hydrogen) atoms. The quantitative estimate of drug-likeness (QED) is 0.273. The van der Waals surface area contributed by atoms with Crippen LogP contribution in [0, 0.1) is 6.92 Å². The van der Waals surface area contributed by atoms with Crippen molar-refractivity contribution < 1.29 is 9.90 Å². The van der Waals surface area contributed by atoms with E-state index < -0.39 is 5.97 Å². The predicted molar refractivity (Wildman–Crippen MR) is 152 cm³/mol. The Hall–Kier alpha value is -3.99. The van der Waals surface area contributed by atoms with Crippen molar-refractivity contribution in [2.24, 2.45) is 0 Å². The lowest BCUT2D eigenvalue weighted by atomic mass is 9.81. The van der Waals surface area contributed by atoms with E-state index in [2.05, 4.69) is 52.9 Å². The first-order valence-electron chi connectivity index (χ1n) is 13.8. The number of hydrogen-bond donors (Lipinski definition) is 1. The minimum Gasteiger partial charge on any atom is -0.478 e. The van der Waals surface area contributed by atoms with E-state index in [9.17, 15) is 9.90 Å². The molecule has 0 saturated heterocycles. The predicted octanol–water partition coefficient (Wildman–Crippen LogP) is 7.92. The highest BCUT2D eigenvalue weighted by Gasteiger charge is 2.29. The molecule has 4 heterocycles. The molecule has 1 aliphatic carbocycles. The first-order chi connectivity index (χ1) is 18.6. The summed E-state index contributed by atoms with van der Waals surface area (Å²) in [7, 11) is 0. The van der Waals surface area contributed by atoms with Gasteiger partial charge in [0.05, 0.1) is 28.2 Å².